The van der Waals surface area contributed by atoms with E-state index in [4.69, 9.17) is 9.47 Å². The summed E-state index contributed by atoms with van der Waals surface area (Å²) >= 11 is 0. The van der Waals surface area contributed by atoms with Crippen molar-refractivity contribution in [3.63, 3.8) is 0 Å². The third kappa shape index (κ3) is 3.85. The predicted molar refractivity (Wildman–Crippen MR) is 82.9 cm³/mol. The maximum Gasteiger partial charge on any atom is 0.337 e. The maximum absolute atomic E-state index is 11.5. The molecule has 21 heavy (non-hydrogen) atoms. The summed E-state index contributed by atoms with van der Waals surface area (Å²) < 4.78 is 9.96. The summed E-state index contributed by atoms with van der Waals surface area (Å²) in [6, 6.07) is 13.7. The molecule has 0 aliphatic heterocycles. The van der Waals surface area contributed by atoms with Crippen LogP contribution >= 0.6 is 0 Å². The minimum Gasteiger partial charge on any atom is -0.497 e. The van der Waals surface area contributed by atoms with Crippen molar-refractivity contribution >= 4 is 5.97 Å². The Morgan fingerprint density at radius 3 is 2.52 bits per heavy atom. The fraction of sp³-hybridized carbons (Fsp3) is 0.278. The van der Waals surface area contributed by atoms with Gasteiger partial charge in [0, 0.05) is 0 Å². The van der Waals surface area contributed by atoms with E-state index < -0.39 is 0 Å². The molecule has 0 atom stereocenters. The van der Waals surface area contributed by atoms with Crippen LogP contribution in [0.1, 0.15) is 27.0 Å². The maximum atomic E-state index is 11.5. The Bertz CT molecular complexity index is 632. The normalized spacial score (nSPS) is 10.2. The Labute approximate surface area is 125 Å². The van der Waals surface area contributed by atoms with Crippen LogP contribution in [0.15, 0.2) is 42.5 Å². The number of carbonyl (C=O) groups excluding carboxylic acids is 1. The lowest BCUT2D eigenvalue weighted by atomic mass is 9.99. The van der Waals surface area contributed by atoms with E-state index in [1.807, 2.05) is 30.3 Å². The Morgan fingerprint density at radius 1 is 1.05 bits per heavy atom. The summed E-state index contributed by atoms with van der Waals surface area (Å²) in [5.41, 5.74) is 4.24. The lowest BCUT2D eigenvalue weighted by molar-refractivity contribution is 0.0600. The molecule has 0 amide bonds. The summed E-state index contributed by atoms with van der Waals surface area (Å²) in [6.07, 6.45) is 1.82. The molecule has 0 aliphatic carbocycles. The van der Waals surface area contributed by atoms with Gasteiger partial charge in [-0.05, 0) is 60.7 Å². The van der Waals surface area contributed by atoms with Gasteiger partial charge in [0.15, 0.2) is 0 Å². The second-order valence-corrected chi connectivity index (χ2v) is 4.98. The van der Waals surface area contributed by atoms with Crippen molar-refractivity contribution < 1.29 is 14.3 Å². The highest BCUT2D eigenvalue weighted by atomic mass is 16.5. The molecule has 0 saturated carbocycles. The second-order valence-electron chi connectivity index (χ2n) is 4.98. The Balaban J connectivity index is 2.08. The summed E-state index contributed by atoms with van der Waals surface area (Å²) in [5, 5.41) is 0. The molecule has 110 valence electrons. The van der Waals surface area contributed by atoms with E-state index in [1.54, 1.807) is 13.2 Å². The number of carbonyl (C=O) groups is 1. The van der Waals surface area contributed by atoms with Gasteiger partial charge in [0.1, 0.15) is 5.75 Å². The van der Waals surface area contributed by atoms with Gasteiger partial charge in [-0.3, -0.25) is 0 Å². The van der Waals surface area contributed by atoms with Gasteiger partial charge in [-0.2, -0.15) is 0 Å². The highest BCUT2D eigenvalue weighted by Crippen LogP contribution is 2.19. The van der Waals surface area contributed by atoms with E-state index in [-0.39, 0.29) is 5.97 Å². The van der Waals surface area contributed by atoms with Crippen LogP contribution < -0.4 is 4.74 Å². The number of ether oxygens (including phenoxy) is 2. The molecule has 0 spiro atoms. The van der Waals surface area contributed by atoms with Crippen molar-refractivity contribution in [3.05, 3.63) is 64.7 Å². The van der Waals surface area contributed by atoms with E-state index >= 15 is 0 Å². The first-order valence-corrected chi connectivity index (χ1v) is 6.95. The highest BCUT2D eigenvalue weighted by molar-refractivity contribution is 5.89. The molecule has 0 unspecified atom stereocenters. The minimum atomic E-state index is -0.294. The quantitative estimate of drug-likeness (QED) is 0.787. The van der Waals surface area contributed by atoms with Crippen LogP contribution in [-0.2, 0) is 17.6 Å². The van der Waals surface area contributed by atoms with Crippen LogP contribution in [0.25, 0.3) is 0 Å². The van der Waals surface area contributed by atoms with Gasteiger partial charge in [-0.25, -0.2) is 4.79 Å². The molecule has 0 aliphatic rings. The third-order valence-electron chi connectivity index (χ3n) is 3.58. The molecular formula is C18H20O3. The Hall–Kier alpha value is -2.29. The Morgan fingerprint density at radius 2 is 1.86 bits per heavy atom. The monoisotopic (exact) mass is 284 g/mol. The number of hydrogen-bond donors (Lipinski definition) is 0. The van der Waals surface area contributed by atoms with Gasteiger partial charge in [0.05, 0.1) is 19.8 Å². The molecule has 2 rings (SSSR count). The van der Waals surface area contributed by atoms with E-state index in [0.29, 0.717) is 5.56 Å². The zero-order valence-electron chi connectivity index (χ0n) is 12.7. The van der Waals surface area contributed by atoms with Crippen molar-refractivity contribution in [1.82, 2.24) is 0 Å². The molecule has 3 heteroatoms. The average Bonchev–Trinajstić information content (AvgIpc) is 2.53. The van der Waals surface area contributed by atoms with Gasteiger partial charge in [-0.1, -0.05) is 18.2 Å². The number of esters is 1. The van der Waals surface area contributed by atoms with Gasteiger partial charge in [0.2, 0.25) is 0 Å². The molecular weight excluding hydrogens is 264 g/mol. The smallest absolute Gasteiger partial charge is 0.337 e. The van der Waals surface area contributed by atoms with Crippen LogP contribution in [0.4, 0.5) is 0 Å². The zero-order chi connectivity index (χ0) is 15.2. The molecule has 0 aromatic heterocycles. The molecule has 0 fully saturated rings. The molecule has 0 heterocycles. The molecule has 0 N–H and O–H groups in total. The van der Waals surface area contributed by atoms with Gasteiger partial charge in [0.25, 0.3) is 0 Å². The van der Waals surface area contributed by atoms with Gasteiger partial charge >= 0.3 is 5.97 Å². The fourth-order valence-corrected chi connectivity index (χ4v) is 2.33. The van der Waals surface area contributed by atoms with Gasteiger partial charge < -0.3 is 9.47 Å². The first kappa shape index (κ1) is 15.1. The summed E-state index contributed by atoms with van der Waals surface area (Å²) in [6.45, 7) is 2.09. The molecule has 0 bridgehead atoms. The number of rotatable bonds is 5. The highest BCUT2D eigenvalue weighted by Gasteiger charge is 2.06. The van der Waals surface area contributed by atoms with E-state index in [9.17, 15) is 4.79 Å². The molecule has 2 aromatic rings. The predicted octanol–water partition coefficient (Wildman–Crippen LogP) is 3.58. The SMILES string of the molecule is COC(=O)c1cccc(CCc2ccc(OC)cc2C)c1. The van der Waals surface area contributed by atoms with Crippen LogP contribution in [-0.4, -0.2) is 20.2 Å². The van der Waals surface area contributed by atoms with Crippen LogP contribution in [0, 0.1) is 6.92 Å². The van der Waals surface area contributed by atoms with Gasteiger partial charge in [-0.15, -0.1) is 0 Å². The molecule has 3 nitrogen and oxygen atoms in total. The third-order valence-corrected chi connectivity index (χ3v) is 3.58. The molecule has 2 aromatic carbocycles. The number of aryl methyl sites for hydroxylation is 3. The first-order valence-electron chi connectivity index (χ1n) is 6.95. The van der Waals surface area contributed by atoms with E-state index in [1.165, 1.54) is 18.2 Å². The summed E-state index contributed by atoms with van der Waals surface area (Å²) in [5.74, 6) is 0.585. The molecule has 0 radical (unpaired) electrons. The second kappa shape index (κ2) is 6.93. The van der Waals surface area contributed by atoms with Crippen LogP contribution in [0.3, 0.4) is 0 Å². The van der Waals surface area contributed by atoms with Crippen LogP contribution in [0.5, 0.6) is 5.75 Å². The van der Waals surface area contributed by atoms with E-state index in [0.717, 1.165) is 24.2 Å². The summed E-state index contributed by atoms with van der Waals surface area (Å²) in [4.78, 5) is 11.5. The van der Waals surface area contributed by atoms with Crippen molar-refractivity contribution in [2.45, 2.75) is 19.8 Å². The fourth-order valence-electron chi connectivity index (χ4n) is 2.33. The van der Waals surface area contributed by atoms with E-state index in [2.05, 4.69) is 13.0 Å². The van der Waals surface area contributed by atoms with Crippen molar-refractivity contribution in [1.29, 1.82) is 0 Å². The zero-order valence-corrected chi connectivity index (χ0v) is 12.7. The standard InChI is InChI=1S/C18H20O3/c1-13-11-17(20-2)10-9-15(13)8-7-14-5-4-6-16(12-14)18(19)21-3/h4-6,9-12H,7-8H2,1-3H3. The molecule has 0 saturated heterocycles. The largest absolute Gasteiger partial charge is 0.497 e. The van der Waals surface area contributed by atoms with Crippen molar-refractivity contribution in [3.8, 4) is 5.75 Å². The average molecular weight is 284 g/mol. The summed E-state index contributed by atoms with van der Waals surface area (Å²) in [7, 11) is 3.07. The van der Waals surface area contributed by atoms with Crippen molar-refractivity contribution in [2.24, 2.45) is 0 Å². The topological polar surface area (TPSA) is 35.5 Å². The number of benzene rings is 2. The lowest BCUT2D eigenvalue weighted by Crippen LogP contribution is -2.02. The number of methoxy groups -OCH3 is 2. The number of hydrogen-bond acceptors (Lipinski definition) is 3. The first-order chi connectivity index (χ1) is 10.1. The van der Waals surface area contributed by atoms with Crippen molar-refractivity contribution in [2.75, 3.05) is 14.2 Å². The minimum absolute atomic E-state index is 0.294. The Kier molecular flexibility index (Phi) is 4.99. The lowest BCUT2D eigenvalue weighted by Gasteiger charge is -2.09. The van der Waals surface area contributed by atoms with Crippen LogP contribution in [0.2, 0.25) is 0 Å².